The first-order valence-electron chi connectivity index (χ1n) is 5.62. The summed E-state index contributed by atoms with van der Waals surface area (Å²) in [7, 11) is -2.99. The van der Waals surface area contributed by atoms with Crippen molar-refractivity contribution in [2.75, 3.05) is 37.1 Å². The standard InChI is InChI=1S/C12H15ClN2O3S/c1-19(16,17)8-7-18-6-5-15-12-10(9-14)3-2-4-11(12)13/h2-4,15H,5-8H2,1H3. The van der Waals surface area contributed by atoms with E-state index in [0.29, 0.717) is 29.4 Å². The number of halogens is 1. The van der Waals surface area contributed by atoms with Gasteiger partial charge >= 0.3 is 0 Å². The Bertz CT molecular complexity index is 567. The molecule has 0 aromatic heterocycles. The van der Waals surface area contributed by atoms with Crippen LogP contribution in [-0.4, -0.2) is 40.2 Å². The molecule has 0 spiro atoms. The molecule has 19 heavy (non-hydrogen) atoms. The van der Waals surface area contributed by atoms with E-state index in [1.54, 1.807) is 18.2 Å². The second-order valence-electron chi connectivity index (χ2n) is 3.94. The van der Waals surface area contributed by atoms with Crippen molar-refractivity contribution in [2.24, 2.45) is 0 Å². The molecule has 0 aliphatic heterocycles. The molecule has 7 heteroatoms. The van der Waals surface area contributed by atoms with Crippen molar-refractivity contribution in [3.05, 3.63) is 28.8 Å². The second-order valence-corrected chi connectivity index (χ2v) is 6.61. The summed E-state index contributed by atoms with van der Waals surface area (Å²) in [5.41, 5.74) is 1.03. The van der Waals surface area contributed by atoms with Gasteiger partial charge in [-0.05, 0) is 12.1 Å². The third-order valence-corrected chi connectivity index (χ3v) is 3.50. The van der Waals surface area contributed by atoms with E-state index in [1.165, 1.54) is 0 Å². The molecule has 1 aromatic carbocycles. The van der Waals surface area contributed by atoms with Crippen LogP contribution in [0.15, 0.2) is 18.2 Å². The lowest BCUT2D eigenvalue weighted by Gasteiger charge is -2.10. The minimum atomic E-state index is -2.99. The second kappa shape index (κ2) is 7.34. The smallest absolute Gasteiger partial charge is 0.149 e. The van der Waals surface area contributed by atoms with Crippen LogP contribution in [-0.2, 0) is 14.6 Å². The number of para-hydroxylation sites is 1. The van der Waals surface area contributed by atoms with Crippen molar-refractivity contribution in [2.45, 2.75) is 0 Å². The van der Waals surface area contributed by atoms with Crippen LogP contribution in [0.2, 0.25) is 5.02 Å². The summed E-state index contributed by atoms with van der Waals surface area (Å²) in [5.74, 6) is 0.00252. The third-order valence-electron chi connectivity index (χ3n) is 2.28. The number of benzene rings is 1. The predicted octanol–water partition coefficient (Wildman–Crippen LogP) is 1.68. The zero-order valence-electron chi connectivity index (χ0n) is 10.5. The molecule has 0 unspecified atom stereocenters. The fourth-order valence-corrected chi connectivity index (χ4v) is 2.02. The van der Waals surface area contributed by atoms with Crippen LogP contribution in [0.1, 0.15) is 5.56 Å². The zero-order chi connectivity index (χ0) is 14.3. The summed E-state index contributed by atoms with van der Waals surface area (Å²) in [6.45, 7) is 0.946. The maximum atomic E-state index is 10.9. The summed E-state index contributed by atoms with van der Waals surface area (Å²) in [4.78, 5) is 0. The Balaban J connectivity index is 2.36. The van der Waals surface area contributed by atoms with Crippen LogP contribution >= 0.6 is 11.6 Å². The first-order chi connectivity index (χ1) is 8.94. The van der Waals surface area contributed by atoms with Crippen LogP contribution in [0, 0.1) is 11.3 Å². The van der Waals surface area contributed by atoms with E-state index >= 15 is 0 Å². The largest absolute Gasteiger partial charge is 0.380 e. The zero-order valence-corrected chi connectivity index (χ0v) is 12.1. The molecule has 104 valence electrons. The minimum Gasteiger partial charge on any atom is -0.380 e. The number of sulfone groups is 1. The fraction of sp³-hybridized carbons (Fsp3) is 0.417. The molecule has 0 atom stereocenters. The quantitative estimate of drug-likeness (QED) is 0.775. The number of ether oxygens (including phenoxy) is 1. The molecule has 1 aromatic rings. The molecule has 0 bridgehead atoms. The van der Waals surface area contributed by atoms with Crippen LogP contribution in [0.4, 0.5) is 5.69 Å². The first-order valence-corrected chi connectivity index (χ1v) is 8.06. The third kappa shape index (κ3) is 5.92. The molecule has 0 saturated heterocycles. The van der Waals surface area contributed by atoms with Crippen molar-refractivity contribution in [3.63, 3.8) is 0 Å². The van der Waals surface area contributed by atoms with Gasteiger partial charge in [-0.15, -0.1) is 0 Å². The van der Waals surface area contributed by atoms with Gasteiger partial charge in [0.1, 0.15) is 15.9 Å². The number of hydrogen-bond donors (Lipinski definition) is 1. The molecule has 1 rings (SSSR count). The Labute approximate surface area is 118 Å². The average Bonchev–Trinajstić information content (AvgIpc) is 2.33. The lowest BCUT2D eigenvalue weighted by atomic mass is 10.2. The molecule has 0 saturated carbocycles. The highest BCUT2D eigenvalue weighted by atomic mass is 35.5. The molecule has 0 fully saturated rings. The average molecular weight is 303 g/mol. The normalized spacial score (nSPS) is 11.0. The highest BCUT2D eigenvalue weighted by Crippen LogP contribution is 2.24. The van der Waals surface area contributed by atoms with Gasteiger partial charge in [0.25, 0.3) is 0 Å². The molecule has 0 heterocycles. The van der Waals surface area contributed by atoms with Gasteiger partial charge in [-0.3, -0.25) is 0 Å². The number of nitrogens with one attached hydrogen (secondary N) is 1. The molecule has 0 aliphatic rings. The fourth-order valence-electron chi connectivity index (χ4n) is 1.36. The van der Waals surface area contributed by atoms with Gasteiger partial charge in [0.05, 0.1) is 35.2 Å². The van der Waals surface area contributed by atoms with Gasteiger partial charge in [-0.1, -0.05) is 17.7 Å². The summed E-state index contributed by atoms with van der Waals surface area (Å²) in [6, 6.07) is 7.10. The molecular weight excluding hydrogens is 288 g/mol. The number of hydrogen-bond acceptors (Lipinski definition) is 5. The lowest BCUT2D eigenvalue weighted by Crippen LogP contribution is -2.15. The van der Waals surface area contributed by atoms with Crippen LogP contribution in [0.5, 0.6) is 0 Å². The van der Waals surface area contributed by atoms with Crippen molar-refractivity contribution in [3.8, 4) is 6.07 Å². The van der Waals surface area contributed by atoms with E-state index in [1.807, 2.05) is 6.07 Å². The van der Waals surface area contributed by atoms with Crippen molar-refractivity contribution < 1.29 is 13.2 Å². The predicted molar refractivity (Wildman–Crippen MR) is 75.2 cm³/mol. The Morgan fingerprint density at radius 3 is 2.79 bits per heavy atom. The van der Waals surface area contributed by atoms with E-state index in [-0.39, 0.29) is 12.4 Å². The van der Waals surface area contributed by atoms with E-state index < -0.39 is 9.84 Å². The number of nitrogens with zero attached hydrogens (tertiary/aromatic N) is 1. The summed E-state index contributed by atoms with van der Waals surface area (Å²) >= 11 is 5.97. The van der Waals surface area contributed by atoms with Gasteiger partial charge in [0.2, 0.25) is 0 Å². The van der Waals surface area contributed by atoms with E-state index in [4.69, 9.17) is 21.6 Å². The summed E-state index contributed by atoms with van der Waals surface area (Å²) in [5, 5.41) is 12.4. The van der Waals surface area contributed by atoms with Crippen LogP contribution in [0.3, 0.4) is 0 Å². The lowest BCUT2D eigenvalue weighted by molar-refractivity contribution is 0.159. The topological polar surface area (TPSA) is 79.2 Å². The summed E-state index contributed by atoms with van der Waals surface area (Å²) < 4.78 is 26.9. The maximum absolute atomic E-state index is 10.9. The molecule has 1 N–H and O–H groups in total. The van der Waals surface area contributed by atoms with Gasteiger partial charge in [0.15, 0.2) is 0 Å². The molecule has 0 radical (unpaired) electrons. The van der Waals surface area contributed by atoms with Gasteiger partial charge in [0, 0.05) is 12.8 Å². The Hall–Kier alpha value is -1.29. The van der Waals surface area contributed by atoms with Gasteiger partial charge in [-0.25, -0.2) is 8.42 Å². The van der Waals surface area contributed by atoms with Gasteiger partial charge in [-0.2, -0.15) is 5.26 Å². The maximum Gasteiger partial charge on any atom is 0.149 e. The highest BCUT2D eigenvalue weighted by Gasteiger charge is 2.06. The van der Waals surface area contributed by atoms with E-state index in [2.05, 4.69) is 5.32 Å². The minimum absolute atomic E-state index is 0.00252. The number of anilines is 1. The van der Waals surface area contributed by atoms with E-state index in [9.17, 15) is 8.42 Å². The SMILES string of the molecule is CS(=O)(=O)CCOCCNc1c(Cl)cccc1C#N. The Kier molecular flexibility index (Phi) is 6.09. The number of nitriles is 1. The highest BCUT2D eigenvalue weighted by molar-refractivity contribution is 7.90. The Morgan fingerprint density at radius 2 is 2.16 bits per heavy atom. The van der Waals surface area contributed by atoms with Crippen molar-refractivity contribution in [1.29, 1.82) is 5.26 Å². The van der Waals surface area contributed by atoms with Crippen LogP contribution < -0.4 is 5.32 Å². The van der Waals surface area contributed by atoms with E-state index in [0.717, 1.165) is 6.26 Å². The first kappa shape index (κ1) is 15.8. The number of rotatable bonds is 7. The van der Waals surface area contributed by atoms with Gasteiger partial charge < -0.3 is 10.1 Å². The molecule has 0 aliphatic carbocycles. The van der Waals surface area contributed by atoms with Crippen LogP contribution in [0.25, 0.3) is 0 Å². The molecular formula is C12H15ClN2O3S. The van der Waals surface area contributed by atoms with Crippen molar-refractivity contribution in [1.82, 2.24) is 0 Å². The Morgan fingerprint density at radius 1 is 1.42 bits per heavy atom. The summed E-state index contributed by atoms with van der Waals surface area (Å²) in [6.07, 6.45) is 1.16. The molecule has 5 nitrogen and oxygen atoms in total. The monoisotopic (exact) mass is 302 g/mol. The van der Waals surface area contributed by atoms with Crippen molar-refractivity contribution >= 4 is 27.1 Å². The molecule has 0 amide bonds.